The van der Waals surface area contributed by atoms with Gasteiger partial charge < -0.3 is 15.0 Å². The molecule has 18 heavy (non-hydrogen) atoms. The molecule has 0 fully saturated rings. The van der Waals surface area contributed by atoms with Crippen molar-refractivity contribution < 1.29 is 4.74 Å². The molecule has 0 spiro atoms. The summed E-state index contributed by atoms with van der Waals surface area (Å²) < 4.78 is 7.45. The lowest BCUT2D eigenvalue weighted by molar-refractivity contribution is 0.415. The molecule has 4 nitrogen and oxygen atoms in total. The molecule has 0 aliphatic carbocycles. The first-order valence-electron chi connectivity index (χ1n) is 6.40. The molecule has 2 rings (SSSR count). The lowest BCUT2D eigenvalue weighted by Gasteiger charge is -2.16. The van der Waals surface area contributed by atoms with E-state index in [2.05, 4.69) is 30.3 Å². The normalized spacial score (nSPS) is 13.2. The third-order valence-corrected chi connectivity index (χ3v) is 3.21. The van der Waals surface area contributed by atoms with Crippen LogP contribution in [0.2, 0.25) is 0 Å². The van der Waals surface area contributed by atoms with Gasteiger partial charge in [0.25, 0.3) is 0 Å². The van der Waals surface area contributed by atoms with Crippen LogP contribution in [-0.2, 0) is 0 Å². The van der Waals surface area contributed by atoms with Crippen molar-refractivity contribution in [2.24, 2.45) is 5.73 Å². The maximum Gasteiger partial charge on any atom is 0.127 e. The molecular formula is C14H21N3O. The number of aromatic nitrogens is 2. The van der Waals surface area contributed by atoms with Gasteiger partial charge in [0.05, 0.1) is 24.2 Å². The number of hydrogen-bond acceptors (Lipinski definition) is 3. The number of fused-ring (bicyclic) bond motifs is 1. The summed E-state index contributed by atoms with van der Waals surface area (Å²) in [7, 11) is 1.67. The van der Waals surface area contributed by atoms with Crippen molar-refractivity contribution in [1.29, 1.82) is 0 Å². The minimum absolute atomic E-state index is 0.0224. The highest BCUT2D eigenvalue weighted by Gasteiger charge is 2.17. The number of hydrogen-bond donors (Lipinski definition) is 1. The van der Waals surface area contributed by atoms with E-state index in [1.807, 2.05) is 18.2 Å². The standard InChI is InChI=1S/C14H21N3O/c1-5-11(15)14-16-12-8-10(18-4)6-7-13(12)17(14)9(2)3/h6-9,11H,5,15H2,1-4H3. The van der Waals surface area contributed by atoms with Gasteiger partial charge in [0.1, 0.15) is 11.6 Å². The lowest BCUT2D eigenvalue weighted by Crippen LogP contribution is -2.17. The Morgan fingerprint density at radius 3 is 2.67 bits per heavy atom. The summed E-state index contributed by atoms with van der Waals surface area (Å²) in [6, 6.07) is 6.29. The van der Waals surface area contributed by atoms with Gasteiger partial charge in [-0.3, -0.25) is 0 Å². The van der Waals surface area contributed by atoms with Crippen LogP contribution in [0.15, 0.2) is 18.2 Å². The summed E-state index contributed by atoms with van der Waals surface area (Å²) >= 11 is 0. The highest BCUT2D eigenvalue weighted by molar-refractivity contribution is 5.78. The third kappa shape index (κ3) is 2.08. The van der Waals surface area contributed by atoms with Crippen molar-refractivity contribution in [3.8, 4) is 5.75 Å². The topological polar surface area (TPSA) is 53.1 Å². The van der Waals surface area contributed by atoms with Crippen LogP contribution in [0.1, 0.15) is 45.1 Å². The number of methoxy groups -OCH3 is 1. The van der Waals surface area contributed by atoms with E-state index in [0.29, 0.717) is 6.04 Å². The van der Waals surface area contributed by atoms with Crippen molar-refractivity contribution in [3.05, 3.63) is 24.0 Å². The maximum absolute atomic E-state index is 6.15. The highest BCUT2D eigenvalue weighted by atomic mass is 16.5. The summed E-state index contributed by atoms with van der Waals surface area (Å²) in [6.45, 7) is 6.38. The van der Waals surface area contributed by atoms with Gasteiger partial charge in [-0.25, -0.2) is 4.98 Å². The van der Waals surface area contributed by atoms with Gasteiger partial charge in [-0.1, -0.05) is 6.92 Å². The predicted octanol–water partition coefficient (Wildman–Crippen LogP) is 3.04. The van der Waals surface area contributed by atoms with E-state index in [0.717, 1.165) is 29.0 Å². The van der Waals surface area contributed by atoms with E-state index in [1.165, 1.54) is 0 Å². The Morgan fingerprint density at radius 2 is 2.11 bits per heavy atom. The molecule has 1 unspecified atom stereocenters. The van der Waals surface area contributed by atoms with Crippen LogP contribution in [0.4, 0.5) is 0 Å². The first kappa shape index (κ1) is 12.9. The van der Waals surface area contributed by atoms with E-state index in [4.69, 9.17) is 10.5 Å². The summed E-state index contributed by atoms with van der Waals surface area (Å²) in [6.07, 6.45) is 0.882. The molecule has 1 aromatic carbocycles. The van der Waals surface area contributed by atoms with Gasteiger partial charge in [0.15, 0.2) is 0 Å². The number of imidazole rings is 1. The number of nitrogens with zero attached hydrogens (tertiary/aromatic N) is 2. The smallest absolute Gasteiger partial charge is 0.127 e. The molecule has 0 radical (unpaired) electrons. The van der Waals surface area contributed by atoms with Gasteiger partial charge in [-0.2, -0.15) is 0 Å². The Labute approximate surface area is 108 Å². The predicted molar refractivity (Wildman–Crippen MR) is 73.9 cm³/mol. The molecule has 0 aliphatic heterocycles. The SMILES string of the molecule is CCC(N)c1nc2cc(OC)ccc2n1C(C)C. The average molecular weight is 247 g/mol. The van der Waals surface area contributed by atoms with Gasteiger partial charge in [-0.05, 0) is 32.4 Å². The fourth-order valence-electron chi connectivity index (χ4n) is 2.21. The zero-order valence-corrected chi connectivity index (χ0v) is 11.5. The largest absolute Gasteiger partial charge is 0.497 e. The van der Waals surface area contributed by atoms with Crippen molar-refractivity contribution in [2.45, 2.75) is 39.3 Å². The van der Waals surface area contributed by atoms with E-state index in [-0.39, 0.29) is 6.04 Å². The van der Waals surface area contributed by atoms with Crippen LogP contribution in [0.25, 0.3) is 11.0 Å². The van der Waals surface area contributed by atoms with Crippen molar-refractivity contribution in [3.63, 3.8) is 0 Å². The molecule has 0 saturated carbocycles. The van der Waals surface area contributed by atoms with Crippen LogP contribution in [0.5, 0.6) is 5.75 Å². The van der Waals surface area contributed by atoms with Gasteiger partial charge in [0, 0.05) is 12.1 Å². The molecule has 1 heterocycles. The van der Waals surface area contributed by atoms with Crippen LogP contribution in [0, 0.1) is 0 Å². The van der Waals surface area contributed by atoms with Crippen LogP contribution < -0.4 is 10.5 Å². The van der Waals surface area contributed by atoms with Crippen molar-refractivity contribution >= 4 is 11.0 Å². The van der Waals surface area contributed by atoms with E-state index >= 15 is 0 Å². The lowest BCUT2D eigenvalue weighted by atomic mass is 10.2. The molecule has 1 atom stereocenters. The monoisotopic (exact) mass is 247 g/mol. The van der Waals surface area contributed by atoms with Gasteiger partial charge in [0.2, 0.25) is 0 Å². The number of nitrogens with two attached hydrogens (primary N) is 1. The third-order valence-electron chi connectivity index (χ3n) is 3.21. The molecule has 0 bridgehead atoms. The molecule has 0 amide bonds. The molecule has 98 valence electrons. The van der Waals surface area contributed by atoms with E-state index in [1.54, 1.807) is 7.11 Å². The fraction of sp³-hybridized carbons (Fsp3) is 0.500. The molecule has 0 aliphatic rings. The Kier molecular flexibility index (Phi) is 3.57. The minimum Gasteiger partial charge on any atom is -0.497 e. The second kappa shape index (κ2) is 4.98. The van der Waals surface area contributed by atoms with E-state index < -0.39 is 0 Å². The zero-order valence-electron chi connectivity index (χ0n) is 11.5. The molecule has 4 heteroatoms. The summed E-state index contributed by atoms with van der Waals surface area (Å²) in [5.74, 6) is 1.78. The summed E-state index contributed by atoms with van der Waals surface area (Å²) in [5.41, 5.74) is 8.21. The van der Waals surface area contributed by atoms with Crippen LogP contribution in [0.3, 0.4) is 0 Å². The maximum atomic E-state index is 6.15. The molecular weight excluding hydrogens is 226 g/mol. The quantitative estimate of drug-likeness (QED) is 0.903. The number of benzene rings is 1. The molecule has 1 aromatic heterocycles. The highest BCUT2D eigenvalue weighted by Crippen LogP contribution is 2.27. The Bertz CT molecular complexity index is 545. The van der Waals surface area contributed by atoms with Gasteiger partial charge >= 0.3 is 0 Å². The molecule has 2 N–H and O–H groups in total. The minimum atomic E-state index is -0.0224. The second-order valence-corrected chi connectivity index (χ2v) is 4.80. The fourth-order valence-corrected chi connectivity index (χ4v) is 2.21. The molecule has 2 aromatic rings. The first-order valence-corrected chi connectivity index (χ1v) is 6.40. The number of rotatable bonds is 4. The van der Waals surface area contributed by atoms with Crippen LogP contribution >= 0.6 is 0 Å². The number of ether oxygens (including phenoxy) is 1. The summed E-state index contributed by atoms with van der Waals surface area (Å²) in [5, 5.41) is 0. The van der Waals surface area contributed by atoms with Crippen molar-refractivity contribution in [1.82, 2.24) is 9.55 Å². The second-order valence-electron chi connectivity index (χ2n) is 4.80. The Hall–Kier alpha value is -1.55. The zero-order chi connectivity index (χ0) is 13.3. The Balaban J connectivity index is 2.66. The Morgan fingerprint density at radius 1 is 1.39 bits per heavy atom. The van der Waals surface area contributed by atoms with Crippen LogP contribution in [-0.4, -0.2) is 16.7 Å². The van der Waals surface area contributed by atoms with Gasteiger partial charge in [-0.15, -0.1) is 0 Å². The summed E-state index contributed by atoms with van der Waals surface area (Å²) in [4.78, 5) is 4.67. The molecule has 0 saturated heterocycles. The average Bonchev–Trinajstić information content (AvgIpc) is 2.75. The first-order chi connectivity index (χ1) is 8.58. The van der Waals surface area contributed by atoms with Crippen molar-refractivity contribution in [2.75, 3.05) is 7.11 Å². The van der Waals surface area contributed by atoms with E-state index in [9.17, 15) is 0 Å².